The van der Waals surface area contributed by atoms with Crippen LogP contribution >= 0.6 is 0 Å². The van der Waals surface area contributed by atoms with Crippen molar-refractivity contribution < 1.29 is 15.3 Å². The van der Waals surface area contributed by atoms with E-state index in [1.807, 2.05) is 0 Å². The molecule has 0 aliphatic carbocycles. The highest BCUT2D eigenvalue weighted by atomic mass is 16.3. The molecule has 25 heavy (non-hydrogen) atoms. The molecule has 3 nitrogen and oxygen atoms in total. The maximum absolute atomic E-state index is 10.3. The fraction of sp³-hybridized carbons (Fsp3) is 0.727. The summed E-state index contributed by atoms with van der Waals surface area (Å²) in [6.07, 6.45) is 14.0. The molecule has 144 valence electrons. The minimum absolute atomic E-state index is 0.117. The highest BCUT2D eigenvalue weighted by molar-refractivity contribution is 5.51. The molecular weight excluding hydrogens is 312 g/mol. The van der Waals surface area contributed by atoms with Crippen molar-refractivity contribution in [3.8, 4) is 11.5 Å². The third-order valence-corrected chi connectivity index (χ3v) is 5.31. The van der Waals surface area contributed by atoms with Gasteiger partial charge in [0.2, 0.25) is 0 Å². The van der Waals surface area contributed by atoms with Gasteiger partial charge in [0.15, 0.2) is 0 Å². The van der Waals surface area contributed by atoms with E-state index >= 15 is 0 Å². The summed E-state index contributed by atoms with van der Waals surface area (Å²) in [7, 11) is 0. The van der Waals surface area contributed by atoms with Gasteiger partial charge in [0, 0.05) is 5.56 Å². The summed E-state index contributed by atoms with van der Waals surface area (Å²) in [5.74, 6) is 0.258. The molecule has 0 aliphatic heterocycles. The topological polar surface area (TPSA) is 60.7 Å². The van der Waals surface area contributed by atoms with Crippen molar-refractivity contribution >= 4 is 0 Å². The minimum Gasteiger partial charge on any atom is -0.508 e. The number of aliphatic hydroxyl groups is 1. The zero-order valence-electron chi connectivity index (χ0n) is 16.5. The Morgan fingerprint density at radius 3 is 1.76 bits per heavy atom. The van der Waals surface area contributed by atoms with Crippen molar-refractivity contribution in [2.45, 2.75) is 104 Å². The Bertz CT molecular complexity index is 497. The molecule has 0 fully saturated rings. The molecule has 0 spiro atoms. The number of hydrogen-bond acceptors (Lipinski definition) is 3. The molecule has 1 rings (SSSR count). The van der Waals surface area contributed by atoms with Crippen LogP contribution in [0.5, 0.6) is 11.5 Å². The largest absolute Gasteiger partial charge is 0.508 e. The molecule has 0 aromatic heterocycles. The van der Waals surface area contributed by atoms with Crippen LogP contribution in [0, 0.1) is 13.8 Å². The van der Waals surface area contributed by atoms with Gasteiger partial charge in [-0.3, -0.25) is 0 Å². The molecule has 0 saturated carbocycles. The Labute approximate surface area is 154 Å². The number of benzene rings is 1. The number of phenols is 2. The molecule has 1 aromatic carbocycles. The van der Waals surface area contributed by atoms with E-state index in [2.05, 4.69) is 6.92 Å². The Morgan fingerprint density at radius 2 is 1.24 bits per heavy atom. The molecule has 3 N–H and O–H groups in total. The van der Waals surface area contributed by atoms with Crippen LogP contribution in [-0.4, -0.2) is 15.3 Å². The first kappa shape index (κ1) is 21.8. The van der Waals surface area contributed by atoms with Crippen molar-refractivity contribution in [1.29, 1.82) is 0 Å². The molecule has 0 saturated heterocycles. The monoisotopic (exact) mass is 350 g/mol. The number of aliphatic hydroxyl groups excluding tert-OH is 1. The highest BCUT2D eigenvalue weighted by Crippen LogP contribution is 2.36. The fourth-order valence-corrected chi connectivity index (χ4v) is 3.32. The molecule has 0 bridgehead atoms. The quantitative estimate of drug-likeness (QED) is 0.283. The van der Waals surface area contributed by atoms with Crippen LogP contribution in [0.15, 0.2) is 6.07 Å². The molecule has 1 unspecified atom stereocenters. The van der Waals surface area contributed by atoms with Crippen LogP contribution in [-0.2, 0) is 0 Å². The Balaban J connectivity index is 2.16. The summed E-state index contributed by atoms with van der Waals surface area (Å²) in [5.41, 5.74) is 1.77. The van der Waals surface area contributed by atoms with Crippen LogP contribution < -0.4 is 0 Å². The second-order valence-electron chi connectivity index (χ2n) is 7.42. The van der Waals surface area contributed by atoms with E-state index < -0.39 is 6.10 Å². The van der Waals surface area contributed by atoms with Gasteiger partial charge in [-0.15, -0.1) is 0 Å². The number of rotatable bonds is 13. The zero-order chi connectivity index (χ0) is 18.7. The summed E-state index contributed by atoms with van der Waals surface area (Å²) < 4.78 is 0. The van der Waals surface area contributed by atoms with Gasteiger partial charge in [0.25, 0.3) is 0 Å². The zero-order valence-corrected chi connectivity index (χ0v) is 16.5. The summed E-state index contributed by atoms with van der Waals surface area (Å²) in [6, 6.07) is 1.50. The van der Waals surface area contributed by atoms with Gasteiger partial charge in [-0.2, -0.15) is 0 Å². The summed E-state index contributed by atoms with van der Waals surface area (Å²) >= 11 is 0. The van der Waals surface area contributed by atoms with Gasteiger partial charge in [-0.05, 0) is 37.5 Å². The van der Waals surface area contributed by atoms with Gasteiger partial charge in [0.05, 0.1) is 6.10 Å². The Kier molecular flexibility index (Phi) is 10.6. The maximum Gasteiger partial charge on any atom is 0.124 e. The standard InChI is InChI=1S/C22H38O3/c1-4-5-6-7-8-9-10-11-12-13-14-15-20(23)19-16-21(24)17(2)18(3)22(19)25/h16,20,23-25H,4-15H2,1-3H3. The van der Waals surface area contributed by atoms with Gasteiger partial charge in [-0.25, -0.2) is 0 Å². The van der Waals surface area contributed by atoms with Crippen molar-refractivity contribution in [3.63, 3.8) is 0 Å². The molecule has 0 aliphatic rings. The van der Waals surface area contributed by atoms with Crippen LogP contribution in [0.2, 0.25) is 0 Å². The normalized spacial score (nSPS) is 12.5. The second-order valence-corrected chi connectivity index (χ2v) is 7.42. The van der Waals surface area contributed by atoms with Crippen LogP contribution in [0.4, 0.5) is 0 Å². The predicted octanol–water partition coefficient (Wildman–Crippen LogP) is 6.45. The smallest absolute Gasteiger partial charge is 0.124 e. The molecule has 1 aromatic rings. The van der Waals surface area contributed by atoms with Gasteiger partial charge < -0.3 is 15.3 Å². The molecule has 1 atom stereocenters. The number of hydrogen-bond donors (Lipinski definition) is 3. The third-order valence-electron chi connectivity index (χ3n) is 5.31. The van der Waals surface area contributed by atoms with E-state index in [0.717, 1.165) is 12.8 Å². The van der Waals surface area contributed by atoms with E-state index in [0.29, 0.717) is 23.1 Å². The first-order valence-corrected chi connectivity index (χ1v) is 10.2. The van der Waals surface area contributed by atoms with Crippen molar-refractivity contribution in [2.75, 3.05) is 0 Å². The summed E-state index contributed by atoms with van der Waals surface area (Å²) in [5, 5.41) is 30.4. The molecule has 0 heterocycles. The lowest BCUT2D eigenvalue weighted by Crippen LogP contribution is -2.00. The average molecular weight is 351 g/mol. The van der Waals surface area contributed by atoms with Gasteiger partial charge in [0.1, 0.15) is 11.5 Å². The SMILES string of the molecule is CCCCCCCCCCCCCC(O)c1cc(O)c(C)c(C)c1O. The lowest BCUT2D eigenvalue weighted by Gasteiger charge is -2.16. The van der Waals surface area contributed by atoms with Crippen molar-refractivity contribution in [2.24, 2.45) is 0 Å². The fourth-order valence-electron chi connectivity index (χ4n) is 3.32. The average Bonchev–Trinajstić information content (AvgIpc) is 2.60. The first-order valence-electron chi connectivity index (χ1n) is 10.2. The maximum atomic E-state index is 10.3. The third kappa shape index (κ3) is 7.68. The molecule has 0 amide bonds. The first-order chi connectivity index (χ1) is 12.0. The number of aromatic hydroxyl groups is 2. The number of unbranched alkanes of at least 4 members (excludes halogenated alkanes) is 10. The Morgan fingerprint density at radius 1 is 0.760 bits per heavy atom. The molecular formula is C22H38O3. The predicted molar refractivity (Wildman–Crippen MR) is 105 cm³/mol. The van der Waals surface area contributed by atoms with Crippen LogP contribution in [0.3, 0.4) is 0 Å². The van der Waals surface area contributed by atoms with E-state index in [4.69, 9.17) is 0 Å². The van der Waals surface area contributed by atoms with Gasteiger partial charge in [-0.1, -0.05) is 77.6 Å². The van der Waals surface area contributed by atoms with E-state index in [1.54, 1.807) is 13.8 Å². The molecule has 3 heteroatoms. The van der Waals surface area contributed by atoms with Crippen LogP contribution in [0.1, 0.15) is 107 Å². The Hall–Kier alpha value is -1.22. The minimum atomic E-state index is -0.705. The van der Waals surface area contributed by atoms with Gasteiger partial charge >= 0.3 is 0 Å². The number of phenolic OH excluding ortho intramolecular Hbond substituents is 2. The summed E-state index contributed by atoms with van der Waals surface area (Å²) in [4.78, 5) is 0. The van der Waals surface area contributed by atoms with E-state index in [-0.39, 0.29) is 11.5 Å². The van der Waals surface area contributed by atoms with Crippen molar-refractivity contribution in [3.05, 3.63) is 22.8 Å². The van der Waals surface area contributed by atoms with Crippen molar-refractivity contribution in [1.82, 2.24) is 0 Å². The lowest BCUT2D eigenvalue weighted by molar-refractivity contribution is 0.159. The van der Waals surface area contributed by atoms with E-state index in [1.165, 1.54) is 63.9 Å². The molecule has 0 radical (unpaired) electrons. The lowest BCUT2D eigenvalue weighted by atomic mass is 9.96. The second kappa shape index (κ2) is 12.2. The highest BCUT2D eigenvalue weighted by Gasteiger charge is 2.17. The summed E-state index contributed by atoms with van der Waals surface area (Å²) in [6.45, 7) is 5.79. The van der Waals surface area contributed by atoms with Crippen LogP contribution in [0.25, 0.3) is 0 Å². The van der Waals surface area contributed by atoms with E-state index in [9.17, 15) is 15.3 Å².